The minimum Gasteiger partial charge on any atom is -0.460 e. The molecular formula is C18H42O5S. The summed E-state index contributed by atoms with van der Waals surface area (Å²) in [5.74, 6) is 1.36. The van der Waals surface area contributed by atoms with Crippen LogP contribution in [-0.4, -0.2) is 48.5 Å². The van der Waals surface area contributed by atoms with Gasteiger partial charge in [0.2, 0.25) is 0 Å². The molecule has 5 nitrogen and oxygen atoms in total. The van der Waals surface area contributed by atoms with Crippen LogP contribution in [0, 0.1) is 5.41 Å². The molecule has 0 aliphatic rings. The second-order valence-electron chi connectivity index (χ2n) is 5.75. The molecule has 0 saturated heterocycles. The monoisotopic (exact) mass is 370 g/mol. The van der Waals surface area contributed by atoms with Crippen molar-refractivity contribution in [3.8, 4) is 0 Å². The molecule has 1 unspecified atom stereocenters. The Balaban J connectivity index is -0.000000301. The largest absolute Gasteiger partial charge is 0.460 e. The van der Waals surface area contributed by atoms with Crippen LogP contribution in [0.1, 0.15) is 57.4 Å². The van der Waals surface area contributed by atoms with Crippen molar-refractivity contribution >= 4 is 17.7 Å². The number of thioether (sulfide) groups is 1. The average Bonchev–Trinajstić information content (AvgIpc) is 2.33. The lowest BCUT2D eigenvalue weighted by atomic mass is 10.0. The molecule has 150 valence electrons. The molecule has 0 amide bonds. The molecule has 0 aliphatic carbocycles. The number of ether oxygens (including phenoxy) is 1. The second kappa shape index (κ2) is 18.8. The van der Waals surface area contributed by atoms with Crippen LogP contribution < -0.4 is 0 Å². The third kappa shape index (κ3) is 23.7. The molecule has 6 heteroatoms. The first-order valence-corrected chi connectivity index (χ1v) is 7.70. The molecule has 0 heterocycles. The van der Waals surface area contributed by atoms with E-state index in [1.54, 1.807) is 18.7 Å². The van der Waals surface area contributed by atoms with E-state index in [1.807, 2.05) is 0 Å². The Kier molecular flexibility index (Phi) is 27.2. The van der Waals surface area contributed by atoms with Gasteiger partial charge < -0.3 is 9.84 Å². The van der Waals surface area contributed by atoms with Crippen molar-refractivity contribution in [2.24, 2.45) is 5.41 Å². The van der Waals surface area contributed by atoms with Gasteiger partial charge in [0, 0.05) is 11.3 Å². The summed E-state index contributed by atoms with van der Waals surface area (Å²) in [6.07, 6.45) is -0.902. The van der Waals surface area contributed by atoms with Gasteiger partial charge in [0.15, 0.2) is 0 Å². The molecule has 24 heavy (non-hydrogen) atoms. The van der Waals surface area contributed by atoms with E-state index in [0.29, 0.717) is 17.6 Å². The van der Waals surface area contributed by atoms with E-state index in [9.17, 15) is 9.90 Å². The maximum absolute atomic E-state index is 11.1. The van der Waals surface area contributed by atoms with Crippen LogP contribution >= 0.6 is 11.8 Å². The molecule has 1 atom stereocenters. The summed E-state index contributed by atoms with van der Waals surface area (Å²) in [5.41, 5.74) is 0.597. The Bertz CT molecular complexity index is 300. The van der Waals surface area contributed by atoms with Gasteiger partial charge in [-0.05, 0) is 18.1 Å². The summed E-state index contributed by atoms with van der Waals surface area (Å²) >= 11 is 1.79. The zero-order valence-electron chi connectivity index (χ0n) is 12.8. The Morgan fingerprint density at radius 1 is 1.12 bits per heavy atom. The number of carbonyl (C=O) groups excluding carboxylic acids is 1. The first-order chi connectivity index (χ1) is 9.22. The lowest BCUT2D eigenvalue weighted by molar-refractivity contribution is -0.302. The van der Waals surface area contributed by atoms with Crippen LogP contribution in [-0.2, 0) is 19.3 Å². The lowest BCUT2D eigenvalue weighted by Gasteiger charge is -2.17. The minimum absolute atomic E-state index is 0. The van der Waals surface area contributed by atoms with Crippen LogP contribution in [0.25, 0.3) is 0 Å². The number of rotatable bonds is 10. The van der Waals surface area contributed by atoms with E-state index in [1.165, 1.54) is 0 Å². The van der Waals surface area contributed by atoms with Crippen LogP contribution in [0.4, 0.5) is 0 Å². The Hall–Kier alpha value is -0.560. The van der Waals surface area contributed by atoms with E-state index in [4.69, 9.17) is 14.5 Å². The molecule has 0 aliphatic heterocycles. The van der Waals surface area contributed by atoms with Crippen molar-refractivity contribution in [2.75, 3.05) is 31.3 Å². The summed E-state index contributed by atoms with van der Waals surface area (Å²) in [6.45, 7) is 11.8. The van der Waals surface area contributed by atoms with Crippen molar-refractivity contribution in [2.45, 2.75) is 63.5 Å². The van der Waals surface area contributed by atoms with Crippen LogP contribution in [0.5, 0.6) is 0 Å². The first-order valence-electron chi connectivity index (χ1n) is 6.55. The van der Waals surface area contributed by atoms with E-state index in [0.717, 1.165) is 11.5 Å². The van der Waals surface area contributed by atoms with Gasteiger partial charge in [0.1, 0.15) is 19.3 Å². The van der Waals surface area contributed by atoms with Gasteiger partial charge in [-0.1, -0.05) is 57.1 Å². The molecule has 0 fully saturated rings. The van der Waals surface area contributed by atoms with Crippen molar-refractivity contribution in [1.82, 2.24) is 0 Å². The second-order valence-corrected chi connectivity index (χ2v) is 6.86. The quantitative estimate of drug-likeness (QED) is 0.197. The molecule has 0 radical (unpaired) electrons. The Labute approximate surface area is 155 Å². The minimum atomic E-state index is -0.902. The lowest BCUT2D eigenvalue weighted by Crippen LogP contribution is -2.24. The van der Waals surface area contributed by atoms with Crippen molar-refractivity contribution in [3.63, 3.8) is 0 Å². The van der Waals surface area contributed by atoms with Crippen molar-refractivity contribution in [1.29, 1.82) is 0 Å². The predicted octanol–water partition coefficient (Wildman–Crippen LogP) is 4.74. The maximum atomic E-state index is 11.1. The molecule has 0 aromatic carbocycles. The van der Waals surface area contributed by atoms with E-state index in [-0.39, 0.29) is 42.9 Å². The molecule has 0 rings (SSSR count). The predicted molar refractivity (Wildman–Crippen MR) is 107 cm³/mol. The van der Waals surface area contributed by atoms with Gasteiger partial charge in [-0.15, -0.1) is 0 Å². The van der Waals surface area contributed by atoms with Gasteiger partial charge in [-0.25, -0.2) is 14.6 Å². The third-order valence-corrected chi connectivity index (χ3v) is 3.47. The normalized spacial score (nSPS) is 10.9. The molecule has 0 saturated carbocycles. The van der Waals surface area contributed by atoms with E-state index < -0.39 is 12.1 Å². The van der Waals surface area contributed by atoms with Gasteiger partial charge in [0.25, 0.3) is 0 Å². The number of hydrogen-bond donors (Lipinski definition) is 1. The average molecular weight is 371 g/mol. The van der Waals surface area contributed by atoms with Gasteiger partial charge >= 0.3 is 5.97 Å². The fourth-order valence-electron chi connectivity index (χ4n) is 1.00. The van der Waals surface area contributed by atoms with E-state index >= 15 is 0 Å². The summed E-state index contributed by atoms with van der Waals surface area (Å²) in [6, 6.07) is 0. The summed E-state index contributed by atoms with van der Waals surface area (Å²) < 4.78 is 4.77. The highest BCUT2D eigenvalue weighted by atomic mass is 32.2. The molecular weight excluding hydrogens is 328 g/mol. The Morgan fingerprint density at radius 3 is 2.12 bits per heavy atom. The van der Waals surface area contributed by atoms with Crippen molar-refractivity contribution < 1.29 is 24.4 Å². The summed E-state index contributed by atoms with van der Waals surface area (Å²) in [7, 11) is 0. The first kappa shape index (κ1) is 34.7. The van der Waals surface area contributed by atoms with Crippen LogP contribution in [0.15, 0.2) is 12.2 Å². The zero-order valence-corrected chi connectivity index (χ0v) is 13.6. The smallest absolute Gasteiger partial charge is 0.333 e. The van der Waals surface area contributed by atoms with E-state index in [2.05, 4.69) is 27.4 Å². The third-order valence-electron chi connectivity index (χ3n) is 1.95. The van der Waals surface area contributed by atoms with Crippen molar-refractivity contribution in [3.05, 3.63) is 12.2 Å². The number of aliphatic hydroxyl groups is 1. The maximum Gasteiger partial charge on any atom is 0.333 e. The number of esters is 1. The van der Waals surface area contributed by atoms with Gasteiger partial charge in [-0.2, -0.15) is 11.8 Å². The number of carbonyl (C=O) groups is 1. The molecule has 0 aromatic heterocycles. The topological polar surface area (TPSA) is 65.0 Å². The SMILES string of the molecule is C.C.C.C.C=C(C)C(=O)OCC(O)COOCCSCC(C)(C)C. The molecule has 0 spiro atoms. The highest BCUT2D eigenvalue weighted by molar-refractivity contribution is 7.99. The molecule has 0 bridgehead atoms. The fourth-order valence-corrected chi connectivity index (χ4v) is 1.94. The summed E-state index contributed by atoms with van der Waals surface area (Å²) in [5, 5.41) is 9.47. The summed E-state index contributed by atoms with van der Waals surface area (Å²) in [4.78, 5) is 20.8. The highest BCUT2D eigenvalue weighted by Crippen LogP contribution is 2.19. The van der Waals surface area contributed by atoms with Crippen LogP contribution in [0.2, 0.25) is 0 Å². The number of hydrogen-bond acceptors (Lipinski definition) is 6. The van der Waals surface area contributed by atoms with Gasteiger partial charge in [-0.3, -0.25) is 0 Å². The van der Waals surface area contributed by atoms with Crippen LogP contribution in [0.3, 0.4) is 0 Å². The number of aliphatic hydroxyl groups excluding tert-OH is 1. The fraction of sp³-hybridized carbons (Fsp3) is 0.833. The van der Waals surface area contributed by atoms with Gasteiger partial charge in [0.05, 0.1) is 6.61 Å². The Morgan fingerprint density at radius 2 is 1.67 bits per heavy atom. The standard InChI is InChI=1S/C14H26O5S.4CH4/c1-11(2)13(16)17-8-12(15)9-19-18-6-7-20-10-14(3,4)5;;;;/h12,15H,1,6-10H2,2-5H3;4*1H4. The zero-order chi connectivity index (χ0) is 15.6. The highest BCUT2D eigenvalue weighted by Gasteiger charge is 2.11. The molecule has 0 aromatic rings. The molecule has 1 N–H and O–H groups in total.